The van der Waals surface area contributed by atoms with Crippen molar-refractivity contribution >= 4 is 5.91 Å². The van der Waals surface area contributed by atoms with Crippen LogP contribution in [0.3, 0.4) is 0 Å². The molecule has 1 aromatic heterocycles. The van der Waals surface area contributed by atoms with Crippen LogP contribution < -0.4 is 5.32 Å². The molecule has 0 saturated carbocycles. The minimum atomic E-state index is -0.648. The first-order valence-corrected chi connectivity index (χ1v) is 5.85. The molecule has 1 heterocycles. The van der Waals surface area contributed by atoms with Gasteiger partial charge in [-0.3, -0.25) is 4.79 Å². The third kappa shape index (κ3) is 3.38. The van der Waals surface area contributed by atoms with Crippen LogP contribution in [-0.2, 0) is 16.1 Å². The molecule has 0 fully saturated rings. The van der Waals surface area contributed by atoms with Crippen molar-refractivity contribution < 1.29 is 14.1 Å². The molecule has 0 unspecified atom stereocenters. The molecule has 0 aliphatic rings. The van der Waals surface area contributed by atoms with Gasteiger partial charge in [0.1, 0.15) is 0 Å². The van der Waals surface area contributed by atoms with E-state index in [1.54, 1.807) is 6.92 Å². The van der Waals surface area contributed by atoms with Crippen molar-refractivity contribution in [2.75, 3.05) is 7.11 Å². The lowest BCUT2D eigenvalue weighted by molar-refractivity contribution is -0.131. The van der Waals surface area contributed by atoms with Gasteiger partial charge in [-0.05, 0) is 12.5 Å². The Bertz CT molecular complexity index is 539. The van der Waals surface area contributed by atoms with Crippen molar-refractivity contribution in [2.24, 2.45) is 0 Å². The topological polar surface area (TPSA) is 77.2 Å². The van der Waals surface area contributed by atoms with Gasteiger partial charge in [0.2, 0.25) is 5.89 Å². The second-order valence-electron chi connectivity index (χ2n) is 3.98. The van der Waals surface area contributed by atoms with Gasteiger partial charge >= 0.3 is 0 Å². The minimum absolute atomic E-state index is 0.187. The Kier molecular flexibility index (Phi) is 4.25. The van der Waals surface area contributed by atoms with Crippen LogP contribution in [0.1, 0.15) is 23.4 Å². The van der Waals surface area contributed by atoms with Crippen molar-refractivity contribution in [2.45, 2.75) is 19.6 Å². The van der Waals surface area contributed by atoms with Crippen LogP contribution in [0.5, 0.6) is 0 Å². The number of nitrogens with one attached hydrogen (secondary N) is 1. The summed E-state index contributed by atoms with van der Waals surface area (Å²) in [7, 11) is 1.49. The summed E-state index contributed by atoms with van der Waals surface area (Å²) in [6.07, 6.45) is -0.648. The molecule has 6 heteroatoms. The zero-order valence-corrected chi connectivity index (χ0v) is 10.8. The summed E-state index contributed by atoms with van der Waals surface area (Å²) >= 11 is 0. The minimum Gasteiger partial charge on any atom is -0.367 e. The number of carbonyl (C=O) groups excluding carboxylic acids is 1. The van der Waals surface area contributed by atoms with Gasteiger partial charge < -0.3 is 14.6 Å². The summed E-state index contributed by atoms with van der Waals surface area (Å²) in [5.41, 5.74) is 0.796. The molecule has 0 saturated heterocycles. The maximum absolute atomic E-state index is 12.0. The highest BCUT2D eigenvalue weighted by atomic mass is 16.5. The van der Waals surface area contributed by atoms with Crippen LogP contribution in [0.15, 0.2) is 34.9 Å². The van der Waals surface area contributed by atoms with Crippen LogP contribution in [0.4, 0.5) is 0 Å². The molecule has 1 amide bonds. The van der Waals surface area contributed by atoms with Crippen molar-refractivity contribution in [3.63, 3.8) is 0 Å². The standard InChI is InChI=1S/C13H15N3O3/c1-9-15-11(19-16-9)8-14-13(17)12(18-2)10-6-4-3-5-7-10/h3-7,12H,8H2,1-2H3,(H,14,17)/t12-/m0/s1. The summed E-state index contributed by atoms with van der Waals surface area (Å²) < 4.78 is 10.1. The predicted molar refractivity (Wildman–Crippen MR) is 67.1 cm³/mol. The molecular formula is C13H15N3O3. The van der Waals surface area contributed by atoms with Gasteiger partial charge in [-0.15, -0.1) is 0 Å². The molecule has 2 aromatic rings. The Morgan fingerprint density at radius 1 is 1.42 bits per heavy atom. The zero-order chi connectivity index (χ0) is 13.7. The molecule has 0 spiro atoms. The van der Waals surface area contributed by atoms with Crippen molar-refractivity contribution in [3.05, 3.63) is 47.6 Å². The largest absolute Gasteiger partial charge is 0.367 e. The summed E-state index contributed by atoms with van der Waals surface area (Å²) in [4.78, 5) is 16.0. The molecule has 0 radical (unpaired) electrons. The highest BCUT2D eigenvalue weighted by molar-refractivity contribution is 5.82. The smallest absolute Gasteiger partial charge is 0.254 e. The molecule has 0 aliphatic heterocycles. The van der Waals surface area contributed by atoms with Crippen LogP contribution in [-0.4, -0.2) is 23.2 Å². The van der Waals surface area contributed by atoms with Gasteiger partial charge in [0.25, 0.3) is 5.91 Å². The lowest BCUT2D eigenvalue weighted by Gasteiger charge is -2.14. The van der Waals surface area contributed by atoms with Gasteiger partial charge in [0.05, 0.1) is 6.54 Å². The lowest BCUT2D eigenvalue weighted by atomic mass is 10.1. The maximum atomic E-state index is 12.0. The molecule has 2 rings (SSSR count). The first-order chi connectivity index (χ1) is 9.20. The second kappa shape index (κ2) is 6.10. The van der Waals surface area contributed by atoms with Crippen LogP contribution in [0, 0.1) is 6.92 Å². The van der Waals surface area contributed by atoms with Gasteiger partial charge in [-0.2, -0.15) is 4.98 Å². The Morgan fingerprint density at radius 2 is 2.16 bits per heavy atom. The Morgan fingerprint density at radius 3 is 2.74 bits per heavy atom. The number of aryl methyl sites for hydroxylation is 1. The highest BCUT2D eigenvalue weighted by Crippen LogP contribution is 2.16. The molecule has 1 aromatic carbocycles. The first kappa shape index (κ1) is 13.2. The molecule has 0 bridgehead atoms. The van der Waals surface area contributed by atoms with Crippen molar-refractivity contribution in [1.29, 1.82) is 0 Å². The van der Waals surface area contributed by atoms with Gasteiger partial charge in [0, 0.05) is 7.11 Å². The predicted octanol–water partition coefficient (Wildman–Crippen LogP) is 1.38. The molecule has 1 atom stereocenters. The van der Waals surface area contributed by atoms with Crippen LogP contribution in [0.25, 0.3) is 0 Å². The molecule has 100 valence electrons. The van der Waals surface area contributed by atoms with E-state index in [0.29, 0.717) is 11.7 Å². The normalized spacial score (nSPS) is 12.1. The van der Waals surface area contributed by atoms with Gasteiger partial charge in [-0.25, -0.2) is 0 Å². The third-order valence-electron chi connectivity index (χ3n) is 2.56. The highest BCUT2D eigenvalue weighted by Gasteiger charge is 2.20. The fraction of sp³-hybridized carbons (Fsp3) is 0.308. The molecule has 1 N–H and O–H groups in total. The van der Waals surface area contributed by atoms with E-state index in [2.05, 4.69) is 15.5 Å². The molecule has 6 nitrogen and oxygen atoms in total. The molecular weight excluding hydrogens is 246 g/mol. The van der Waals surface area contributed by atoms with Crippen molar-refractivity contribution in [1.82, 2.24) is 15.5 Å². The van der Waals surface area contributed by atoms with E-state index >= 15 is 0 Å². The van der Waals surface area contributed by atoms with E-state index in [-0.39, 0.29) is 12.5 Å². The van der Waals surface area contributed by atoms with E-state index in [1.165, 1.54) is 7.11 Å². The van der Waals surface area contributed by atoms with E-state index in [9.17, 15) is 4.79 Å². The van der Waals surface area contributed by atoms with E-state index < -0.39 is 6.10 Å². The number of benzene rings is 1. The molecule has 0 aliphatic carbocycles. The number of hydrogen-bond acceptors (Lipinski definition) is 5. The Labute approximate surface area is 110 Å². The SMILES string of the molecule is CO[C@H](C(=O)NCc1nc(C)no1)c1ccccc1. The number of ether oxygens (including phenoxy) is 1. The van der Waals surface area contributed by atoms with Crippen molar-refractivity contribution in [3.8, 4) is 0 Å². The monoisotopic (exact) mass is 261 g/mol. The Balaban J connectivity index is 1.98. The fourth-order valence-electron chi connectivity index (χ4n) is 1.69. The number of hydrogen-bond donors (Lipinski definition) is 1. The van der Waals surface area contributed by atoms with Crippen LogP contribution >= 0.6 is 0 Å². The Hall–Kier alpha value is -2.21. The summed E-state index contributed by atoms with van der Waals surface area (Å²) in [6, 6.07) is 9.27. The first-order valence-electron chi connectivity index (χ1n) is 5.85. The maximum Gasteiger partial charge on any atom is 0.254 e. The van der Waals surface area contributed by atoms with E-state index in [4.69, 9.17) is 9.26 Å². The number of methoxy groups -OCH3 is 1. The lowest BCUT2D eigenvalue weighted by Crippen LogP contribution is -2.30. The fourth-order valence-corrected chi connectivity index (χ4v) is 1.69. The zero-order valence-electron chi connectivity index (χ0n) is 10.8. The number of nitrogens with zero attached hydrogens (tertiary/aromatic N) is 2. The summed E-state index contributed by atoms with van der Waals surface area (Å²) in [5, 5.41) is 6.35. The van der Waals surface area contributed by atoms with Gasteiger partial charge in [-0.1, -0.05) is 35.5 Å². The number of carbonyl (C=O) groups is 1. The van der Waals surface area contributed by atoms with Crippen LogP contribution in [0.2, 0.25) is 0 Å². The number of aromatic nitrogens is 2. The average Bonchev–Trinajstić information content (AvgIpc) is 2.84. The summed E-state index contributed by atoms with van der Waals surface area (Å²) in [6.45, 7) is 1.91. The number of amides is 1. The number of rotatable bonds is 5. The summed E-state index contributed by atoms with van der Waals surface area (Å²) in [5.74, 6) is 0.661. The van der Waals surface area contributed by atoms with E-state index in [0.717, 1.165) is 5.56 Å². The van der Waals surface area contributed by atoms with E-state index in [1.807, 2.05) is 30.3 Å². The third-order valence-corrected chi connectivity index (χ3v) is 2.56. The second-order valence-corrected chi connectivity index (χ2v) is 3.98. The quantitative estimate of drug-likeness (QED) is 0.879. The molecule has 19 heavy (non-hydrogen) atoms. The van der Waals surface area contributed by atoms with Gasteiger partial charge in [0.15, 0.2) is 11.9 Å². The average molecular weight is 261 g/mol.